The smallest absolute Gasteiger partial charge is 0.338 e. The second-order valence-electron chi connectivity index (χ2n) is 10.2. The highest BCUT2D eigenvalue weighted by atomic mass is 16.7. The van der Waals surface area contributed by atoms with Gasteiger partial charge in [0, 0.05) is 30.2 Å². The van der Waals surface area contributed by atoms with Crippen molar-refractivity contribution in [3.63, 3.8) is 0 Å². The molecule has 1 unspecified atom stereocenters. The summed E-state index contributed by atoms with van der Waals surface area (Å²) in [5, 5.41) is 19.5. The largest absolute Gasteiger partial charge is 0.508 e. The minimum absolute atomic E-state index is 0.0489. The molecular formula is C30H32O9. The Hall–Kier alpha value is -3.69. The molecule has 2 aromatic rings. The van der Waals surface area contributed by atoms with Crippen molar-refractivity contribution in [1.29, 1.82) is 0 Å². The highest BCUT2D eigenvalue weighted by Gasteiger charge is 2.56. The summed E-state index contributed by atoms with van der Waals surface area (Å²) in [7, 11) is 0. The first-order valence-electron chi connectivity index (χ1n) is 13.3. The summed E-state index contributed by atoms with van der Waals surface area (Å²) in [6.07, 6.45) is 3.01. The van der Waals surface area contributed by atoms with E-state index in [-0.39, 0.29) is 42.5 Å². The number of carbonyl (C=O) groups is 3. The van der Waals surface area contributed by atoms with Crippen molar-refractivity contribution in [2.24, 2.45) is 17.8 Å². The fourth-order valence-electron chi connectivity index (χ4n) is 5.83. The van der Waals surface area contributed by atoms with Crippen LogP contribution in [0.2, 0.25) is 0 Å². The number of carboxylic acids is 1. The Morgan fingerprint density at radius 3 is 2.59 bits per heavy atom. The summed E-state index contributed by atoms with van der Waals surface area (Å²) < 4.78 is 24.2. The number of benzene rings is 2. The Morgan fingerprint density at radius 2 is 1.82 bits per heavy atom. The number of ether oxygens (including phenoxy) is 4. The molecule has 2 heterocycles. The average molecular weight is 537 g/mol. The summed E-state index contributed by atoms with van der Waals surface area (Å²) in [4.78, 5) is 35.9. The molecule has 1 saturated carbocycles. The van der Waals surface area contributed by atoms with Crippen molar-refractivity contribution in [1.82, 2.24) is 0 Å². The lowest BCUT2D eigenvalue weighted by molar-refractivity contribution is -0.272. The minimum atomic E-state index is -0.856. The number of hydrogen-bond donors (Lipinski definition) is 2. The van der Waals surface area contributed by atoms with E-state index >= 15 is 0 Å². The molecule has 3 aliphatic rings. The number of esters is 2. The quantitative estimate of drug-likeness (QED) is 0.354. The fraction of sp³-hybridized carbons (Fsp3) is 0.433. The number of carbonyl (C=O) groups excluding carboxylic acids is 2. The monoisotopic (exact) mass is 536 g/mol. The molecule has 0 amide bonds. The van der Waals surface area contributed by atoms with Crippen molar-refractivity contribution in [2.45, 2.75) is 56.7 Å². The van der Waals surface area contributed by atoms with Gasteiger partial charge in [-0.05, 0) is 31.0 Å². The molecule has 2 N–H and O–H groups in total. The second kappa shape index (κ2) is 12.0. The van der Waals surface area contributed by atoms with Gasteiger partial charge in [0.15, 0.2) is 6.29 Å². The second-order valence-corrected chi connectivity index (χ2v) is 10.2. The first-order chi connectivity index (χ1) is 18.9. The number of hydrogen-bond acceptors (Lipinski definition) is 8. The zero-order chi connectivity index (χ0) is 27.4. The highest BCUT2D eigenvalue weighted by molar-refractivity contribution is 5.89. The van der Waals surface area contributed by atoms with Gasteiger partial charge in [0.2, 0.25) is 0 Å². The lowest BCUT2D eigenvalue weighted by atomic mass is 9.88. The summed E-state index contributed by atoms with van der Waals surface area (Å²) in [6, 6.07) is 15.7. The summed E-state index contributed by atoms with van der Waals surface area (Å²) >= 11 is 0. The molecule has 3 fully saturated rings. The fourth-order valence-corrected chi connectivity index (χ4v) is 5.83. The van der Waals surface area contributed by atoms with E-state index in [9.17, 15) is 19.5 Å². The van der Waals surface area contributed by atoms with Crippen LogP contribution in [-0.2, 0) is 28.5 Å². The van der Waals surface area contributed by atoms with Crippen molar-refractivity contribution in [3.8, 4) is 5.75 Å². The first kappa shape index (κ1) is 26.9. The Bertz CT molecular complexity index is 1210. The maximum Gasteiger partial charge on any atom is 0.338 e. The van der Waals surface area contributed by atoms with Gasteiger partial charge in [-0.25, -0.2) is 4.79 Å². The SMILES string of the molecule is O=C(O)CCC=CC[C@@H]1COC([C@@H]2[C@H]3CC(=O)O[C@H]3C[C@H]2OC(=O)c2ccccc2)O[C@@H]1c1ccccc1O. The predicted molar refractivity (Wildman–Crippen MR) is 138 cm³/mol. The molecule has 2 aliphatic heterocycles. The van der Waals surface area contributed by atoms with Crippen LogP contribution < -0.4 is 0 Å². The number of aromatic hydroxyl groups is 1. The van der Waals surface area contributed by atoms with Crippen LogP contribution in [-0.4, -0.2) is 53.2 Å². The van der Waals surface area contributed by atoms with Gasteiger partial charge in [0.05, 0.1) is 30.6 Å². The summed E-state index contributed by atoms with van der Waals surface area (Å²) in [6.45, 7) is 0.301. The normalized spacial score (nSPS) is 30.2. The third-order valence-corrected chi connectivity index (χ3v) is 7.69. The van der Waals surface area contributed by atoms with E-state index in [1.165, 1.54) is 0 Å². The van der Waals surface area contributed by atoms with Crippen molar-refractivity contribution in [2.75, 3.05) is 6.61 Å². The molecule has 206 valence electrons. The van der Waals surface area contributed by atoms with Crippen LogP contribution in [0, 0.1) is 17.8 Å². The zero-order valence-electron chi connectivity index (χ0n) is 21.4. The molecule has 0 radical (unpaired) electrons. The topological polar surface area (TPSA) is 129 Å². The third-order valence-electron chi connectivity index (χ3n) is 7.69. The number of fused-ring (bicyclic) bond motifs is 1. The van der Waals surface area contributed by atoms with Gasteiger partial charge in [-0.3, -0.25) is 9.59 Å². The zero-order valence-corrected chi connectivity index (χ0v) is 21.4. The van der Waals surface area contributed by atoms with E-state index in [2.05, 4.69) is 0 Å². The van der Waals surface area contributed by atoms with E-state index in [1.54, 1.807) is 42.5 Å². The van der Waals surface area contributed by atoms with Gasteiger partial charge in [-0.2, -0.15) is 0 Å². The van der Waals surface area contributed by atoms with Gasteiger partial charge in [0.25, 0.3) is 0 Å². The van der Waals surface area contributed by atoms with Crippen LogP contribution in [0.15, 0.2) is 66.7 Å². The number of aliphatic carboxylic acids is 1. The van der Waals surface area contributed by atoms with E-state index in [4.69, 9.17) is 24.1 Å². The van der Waals surface area contributed by atoms with Gasteiger partial charge >= 0.3 is 17.9 Å². The van der Waals surface area contributed by atoms with Crippen LogP contribution in [0.25, 0.3) is 0 Å². The molecule has 2 aromatic carbocycles. The third kappa shape index (κ3) is 6.15. The van der Waals surface area contributed by atoms with E-state index < -0.39 is 36.4 Å². The molecule has 9 heteroatoms. The molecule has 0 bridgehead atoms. The Morgan fingerprint density at radius 1 is 1.05 bits per heavy atom. The number of phenolic OH excluding ortho intramolecular Hbond substituents is 1. The van der Waals surface area contributed by atoms with Crippen molar-refractivity contribution >= 4 is 17.9 Å². The predicted octanol–water partition coefficient (Wildman–Crippen LogP) is 4.41. The van der Waals surface area contributed by atoms with Crippen LogP contribution in [0.1, 0.15) is 54.1 Å². The number of phenols is 1. The molecular weight excluding hydrogens is 504 g/mol. The number of para-hydroxylation sites is 1. The number of allylic oxidation sites excluding steroid dienone is 2. The number of rotatable bonds is 9. The maximum absolute atomic E-state index is 12.9. The standard InChI is InChI=1S/C30H32O9/c31-22-13-8-7-12-20(22)28-19(11-5-2-6-14-25(32)33)17-36-30(39-28)27-21-15-26(34)37-23(21)16-24(27)38-29(35)18-9-3-1-4-10-18/h1-5,7-10,12-13,19,21,23-24,27-28,30-31H,6,11,14-17H2,(H,32,33)/t19-,21+,23+,24-,27-,28+,30?/m1/s1. The van der Waals surface area contributed by atoms with E-state index in [1.807, 2.05) is 24.3 Å². The van der Waals surface area contributed by atoms with Crippen LogP contribution in [0.3, 0.4) is 0 Å². The Balaban J connectivity index is 1.36. The molecule has 39 heavy (non-hydrogen) atoms. The lowest BCUT2D eigenvalue weighted by Gasteiger charge is -2.41. The molecule has 7 atom stereocenters. The van der Waals surface area contributed by atoms with Crippen molar-refractivity contribution in [3.05, 3.63) is 77.9 Å². The minimum Gasteiger partial charge on any atom is -0.508 e. The molecule has 5 rings (SSSR count). The van der Waals surface area contributed by atoms with Gasteiger partial charge < -0.3 is 29.2 Å². The molecule has 9 nitrogen and oxygen atoms in total. The molecule has 2 saturated heterocycles. The maximum atomic E-state index is 12.9. The summed E-state index contributed by atoms with van der Waals surface area (Å²) in [5.41, 5.74) is 1.04. The average Bonchev–Trinajstić information content (AvgIpc) is 3.44. The highest BCUT2D eigenvalue weighted by Crippen LogP contribution is 2.49. The first-order valence-corrected chi connectivity index (χ1v) is 13.3. The van der Waals surface area contributed by atoms with Gasteiger partial charge in [-0.15, -0.1) is 0 Å². The molecule has 0 aromatic heterocycles. The van der Waals surface area contributed by atoms with Crippen LogP contribution >= 0.6 is 0 Å². The molecule has 0 spiro atoms. The molecule has 1 aliphatic carbocycles. The van der Waals surface area contributed by atoms with Gasteiger partial charge in [-0.1, -0.05) is 48.6 Å². The van der Waals surface area contributed by atoms with Crippen LogP contribution in [0.4, 0.5) is 0 Å². The van der Waals surface area contributed by atoms with Crippen molar-refractivity contribution < 1.29 is 43.5 Å². The Kier molecular flexibility index (Phi) is 8.28. The van der Waals surface area contributed by atoms with E-state index in [0.29, 0.717) is 37.0 Å². The number of carboxylic acid groups (broad SMARTS) is 1. The van der Waals surface area contributed by atoms with Crippen LogP contribution in [0.5, 0.6) is 5.75 Å². The summed E-state index contributed by atoms with van der Waals surface area (Å²) in [5.74, 6) is -2.33. The van der Waals surface area contributed by atoms with E-state index in [0.717, 1.165) is 0 Å². The Labute approximate surface area is 226 Å². The lowest BCUT2D eigenvalue weighted by Crippen LogP contribution is -2.44. The van der Waals surface area contributed by atoms with Gasteiger partial charge in [0.1, 0.15) is 18.0 Å².